The summed E-state index contributed by atoms with van der Waals surface area (Å²) < 4.78 is 27.2. The van der Waals surface area contributed by atoms with Crippen molar-refractivity contribution in [2.45, 2.75) is 4.90 Å². The maximum atomic E-state index is 12.2. The molecular weight excluding hydrogens is 384 g/mol. The first-order valence-corrected chi connectivity index (χ1v) is 8.17. The second-order valence-corrected chi connectivity index (χ2v) is 6.99. The topological polar surface area (TPSA) is 89.3 Å². The molecule has 2 aromatic rings. The summed E-state index contributed by atoms with van der Waals surface area (Å²) in [6, 6.07) is 9.78. The molecule has 0 amide bonds. The summed E-state index contributed by atoms with van der Waals surface area (Å²) in [6.45, 7) is 0. The van der Waals surface area contributed by atoms with Gasteiger partial charge in [-0.3, -0.25) is 14.8 Å². The third-order valence-corrected chi connectivity index (χ3v) is 4.69. The van der Waals surface area contributed by atoms with Gasteiger partial charge >= 0.3 is 0 Å². The number of sulfonamides is 1. The van der Waals surface area contributed by atoms with Gasteiger partial charge in [-0.15, -0.1) is 0 Å². The van der Waals surface area contributed by atoms with Gasteiger partial charge in [-0.1, -0.05) is 33.6 Å². The van der Waals surface area contributed by atoms with Crippen LogP contribution < -0.4 is 4.72 Å². The first kappa shape index (κ1) is 15.7. The van der Waals surface area contributed by atoms with Crippen LogP contribution in [-0.4, -0.2) is 13.3 Å². The molecule has 0 saturated carbocycles. The molecule has 0 saturated heterocycles. The first-order valence-electron chi connectivity index (χ1n) is 5.52. The summed E-state index contributed by atoms with van der Waals surface area (Å²) in [5.74, 6) is 0. The third-order valence-electron chi connectivity index (χ3n) is 2.50. The van der Waals surface area contributed by atoms with Crippen LogP contribution in [-0.2, 0) is 10.0 Å². The molecule has 21 heavy (non-hydrogen) atoms. The lowest BCUT2D eigenvalue weighted by Crippen LogP contribution is -2.13. The minimum absolute atomic E-state index is 0.0366. The van der Waals surface area contributed by atoms with E-state index >= 15 is 0 Å². The third kappa shape index (κ3) is 3.72. The summed E-state index contributed by atoms with van der Waals surface area (Å²) >= 11 is 8.86. The van der Waals surface area contributed by atoms with Crippen molar-refractivity contribution in [1.29, 1.82) is 0 Å². The second kappa shape index (κ2) is 6.00. The van der Waals surface area contributed by atoms with E-state index in [2.05, 4.69) is 20.7 Å². The molecule has 2 rings (SSSR count). The Hall–Kier alpha value is -1.64. The van der Waals surface area contributed by atoms with Crippen molar-refractivity contribution in [1.82, 2.24) is 0 Å². The van der Waals surface area contributed by atoms with Crippen LogP contribution in [0.1, 0.15) is 0 Å². The van der Waals surface area contributed by atoms with E-state index in [0.29, 0.717) is 4.47 Å². The predicted octanol–water partition coefficient (Wildman–Crippen LogP) is 3.81. The minimum Gasteiger partial charge on any atom is -0.279 e. The van der Waals surface area contributed by atoms with Crippen molar-refractivity contribution in [3.8, 4) is 0 Å². The van der Waals surface area contributed by atoms with Crippen molar-refractivity contribution >= 4 is 48.9 Å². The molecule has 0 aliphatic rings. The Morgan fingerprint density at radius 1 is 1.19 bits per heavy atom. The number of hydrogen-bond donors (Lipinski definition) is 1. The number of anilines is 1. The summed E-state index contributed by atoms with van der Waals surface area (Å²) in [7, 11) is -3.84. The molecule has 0 heterocycles. The fourth-order valence-corrected chi connectivity index (χ4v) is 3.40. The lowest BCUT2D eigenvalue weighted by molar-refractivity contribution is -0.384. The van der Waals surface area contributed by atoms with Crippen LogP contribution in [0.2, 0.25) is 5.02 Å². The number of rotatable bonds is 4. The Morgan fingerprint density at radius 3 is 2.52 bits per heavy atom. The highest BCUT2D eigenvalue weighted by atomic mass is 79.9. The smallest absolute Gasteiger partial charge is 0.279 e. The molecule has 0 fully saturated rings. The lowest BCUT2D eigenvalue weighted by Gasteiger charge is -2.08. The number of nitrogens with zero attached hydrogens (tertiary/aromatic N) is 1. The molecule has 0 unspecified atom stereocenters. The summed E-state index contributed by atoms with van der Waals surface area (Å²) in [5, 5.41) is 10.7. The fraction of sp³-hybridized carbons (Fsp3) is 0. The van der Waals surface area contributed by atoms with Gasteiger partial charge < -0.3 is 0 Å². The molecule has 0 aromatic heterocycles. The van der Waals surface area contributed by atoms with Gasteiger partial charge in [0, 0.05) is 10.5 Å². The van der Waals surface area contributed by atoms with E-state index in [1.165, 1.54) is 24.3 Å². The van der Waals surface area contributed by atoms with E-state index in [1.54, 1.807) is 12.1 Å². The Kier molecular flexibility index (Phi) is 4.50. The fourth-order valence-electron chi connectivity index (χ4n) is 1.56. The Morgan fingerprint density at radius 2 is 1.90 bits per heavy atom. The zero-order valence-corrected chi connectivity index (χ0v) is 13.4. The average molecular weight is 392 g/mol. The highest BCUT2D eigenvalue weighted by Crippen LogP contribution is 2.28. The van der Waals surface area contributed by atoms with Gasteiger partial charge in [0.15, 0.2) is 0 Å². The van der Waals surface area contributed by atoms with Gasteiger partial charge in [-0.2, -0.15) is 0 Å². The van der Waals surface area contributed by atoms with Crippen LogP contribution >= 0.6 is 27.5 Å². The van der Waals surface area contributed by atoms with Crippen molar-refractivity contribution in [2.24, 2.45) is 0 Å². The van der Waals surface area contributed by atoms with Gasteiger partial charge in [0.25, 0.3) is 15.7 Å². The quantitative estimate of drug-likeness (QED) is 0.634. The van der Waals surface area contributed by atoms with Crippen molar-refractivity contribution in [2.75, 3.05) is 4.72 Å². The van der Waals surface area contributed by atoms with Gasteiger partial charge in [0.1, 0.15) is 5.02 Å². The normalized spacial score (nSPS) is 11.1. The molecule has 0 atom stereocenters. The number of halogens is 2. The predicted molar refractivity (Wildman–Crippen MR) is 83.1 cm³/mol. The van der Waals surface area contributed by atoms with Crippen LogP contribution in [0.5, 0.6) is 0 Å². The molecule has 2 aromatic carbocycles. The molecule has 0 aliphatic carbocycles. The Balaban J connectivity index is 2.37. The summed E-state index contributed by atoms with van der Waals surface area (Å²) in [4.78, 5) is 10.1. The molecule has 9 heteroatoms. The molecular formula is C12H8BrClN2O4S. The molecule has 0 aliphatic heterocycles. The van der Waals surface area contributed by atoms with Crippen LogP contribution in [0, 0.1) is 10.1 Å². The van der Waals surface area contributed by atoms with E-state index in [4.69, 9.17) is 11.6 Å². The van der Waals surface area contributed by atoms with E-state index in [9.17, 15) is 18.5 Å². The number of benzene rings is 2. The average Bonchev–Trinajstić information content (AvgIpc) is 2.40. The molecule has 0 bridgehead atoms. The monoisotopic (exact) mass is 390 g/mol. The zero-order valence-electron chi connectivity index (χ0n) is 10.3. The maximum Gasteiger partial charge on any atom is 0.289 e. The molecule has 1 N–H and O–H groups in total. The SMILES string of the molecule is O=[N+]([O-])c1cc(NS(=O)(=O)c2cccc(Br)c2)ccc1Cl. The highest BCUT2D eigenvalue weighted by molar-refractivity contribution is 9.10. The van der Waals surface area contributed by atoms with Crippen LogP contribution in [0.25, 0.3) is 0 Å². The Bertz CT molecular complexity index is 811. The van der Waals surface area contributed by atoms with Gasteiger partial charge in [-0.05, 0) is 30.3 Å². The molecule has 6 nitrogen and oxygen atoms in total. The summed E-state index contributed by atoms with van der Waals surface area (Å²) in [6.07, 6.45) is 0. The largest absolute Gasteiger partial charge is 0.289 e. The first-order chi connectivity index (χ1) is 9.79. The van der Waals surface area contributed by atoms with Crippen molar-refractivity contribution in [3.63, 3.8) is 0 Å². The van der Waals surface area contributed by atoms with Gasteiger partial charge in [0.2, 0.25) is 0 Å². The standard InChI is InChI=1S/C12H8BrClN2O4S/c13-8-2-1-3-10(6-8)21(19,20)15-9-4-5-11(14)12(7-9)16(17)18/h1-7,15H. The molecule has 0 spiro atoms. The lowest BCUT2D eigenvalue weighted by atomic mass is 10.3. The van der Waals surface area contributed by atoms with E-state index < -0.39 is 14.9 Å². The highest BCUT2D eigenvalue weighted by Gasteiger charge is 2.18. The second-order valence-electron chi connectivity index (χ2n) is 3.99. The van der Waals surface area contributed by atoms with Crippen molar-refractivity contribution in [3.05, 3.63) is 62.1 Å². The minimum atomic E-state index is -3.84. The molecule has 0 radical (unpaired) electrons. The zero-order chi connectivity index (χ0) is 15.6. The van der Waals surface area contributed by atoms with E-state index in [1.807, 2.05) is 0 Å². The number of nitro groups is 1. The van der Waals surface area contributed by atoms with Crippen LogP contribution in [0.4, 0.5) is 11.4 Å². The number of nitrogens with one attached hydrogen (secondary N) is 1. The summed E-state index contributed by atoms with van der Waals surface area (Å²) in [5.41, 5.74) is -0.308. The van der Waals surface area contributed by atoms with E-state index in [-0.39, 0.29) is 21.3 Å². The van der Waals surface area contributed by atoms with Crippen molar-refractivity contribution < 1.29 is 13.3 Å². The van der Waals surface area contributed by atoms with Crippen LogP contribution in [0.15, 0.2) is 51.8 Å². The Labute approximate surface area is 134 Å². The van der Waals surface area contributed by atoms with E-state index in [0.717, 1.165) is 6.07 Å². The van der Waals surface area contributed by atoms with Gasteiger partial charge in [-0.25, -0.2) is 8.42 Å². The number of hydrogen-bond acceptors (Lipinski definition) is 4. The maximum absolute atomic E-state index is 12.2. The molecule has 110 valence electrons. The van der Waals surface area contributed by atoms with Crippen LogP contribution in [0.3, 0.4) is 0 Å². The number of nitro benzene ring substituents is 1. The van der Waals surface area contributed by atoms with Gasteiger partial charge in [0.05, 0.1) is 15.5 Å².